The van der Waals surface area contributed by atoms with E-state index in [0.29, 0.717) is 37.9 Å². The number of nitrogens with zero attached hydrogens (tertiary/aromatic N) is 1. The minimum absolute atomic E-state index is 0.0476. The molecule has 9 heteroatoms. The molecule has 0 fully saturated rings. The molecule has 3 rings (SSSR count). The molecule has 0 heterocycles. The van der Waals surface area contributed by atoms with Gasteiger partial charge in [-0.25, -0.2) is 0 Å². The molecule has 3 aromatic carbocycles. The highest BCUT2D eigenvalue weighted by Crippen LogP contribution is 2.34. The topological polar surface area (TPSA) is 100 Å². The summed E-state index contributed by atoms with van der Waals surface area (Å²) in [6.07, 6.45) is 1.47. The highest BCUT2D eigenvalue weighted by molar-refractivity contribution is 14.1. The number of nitriles is 1. The lowest BCUT2D eigenvalue weighted by Crippen LogP contribution is -2.23. The highest BCUT2D eigenvalue weighted by atomic mass is 127. The van der Waals surface area contributed by atoms with E-state index in [-0.39, 0.29) is 18.1 Å². The van der Waals surface area contributed by atoms with Crippen LogP contribution < -0.4 is 20.1 Å². The molecule has 0 aliphatic carbocycles. The third kappa shape index (κ3) is 7.47. The molecule has 0 radical (unpaired) electrons. The molecule has 0 aliphatic rings. The third-order valence-corrected chi connectivity index (χ3v) is 6.24. The van der Waals surface area contributed by atoms with Crippen molar-refractivity contribution in [3.05, 3.63) is 91.5 Å². The van der Waals surface area contributed by atoms with Crippen LogP contribution in [0.4, 0.5) is 5.69 Å². The van der Waals surface area contributed by atoms with Crippen molar-refractivity contribution in [1.29, 1.82) is 5.26 Å². The molecule has 0 aliphatic heterocycles. The van der Waals surface area contributed by atoms with Gasteiger partial charge in [0.2, 0.25) is 0 Å². The number of ether oxygens (including phenoxy) is 2. The Balaban J connectivity index is 1.69. The second-order valence-corrected chi connectivity index (χ2v) is 9.24. The van der Waals surface area contributed by atoms with Crippen LogP contribution in [0.5, 0.6) is 11.5 Å². The van der Waals surface area contributed by atoms with Crippen molar-refractivity contribution in [3.63, 3.8) is 0 Å². The van der Waals surface area contributed by atoms with E-state index in [1.165, 1.54) is 13.2 Å². The molecule has 0 atom stereocenters. The van der Waals surface area contributed by atoms with E-state index in [0.717, 1.165) is 11.1 Å². The summed E-state index contributed by atoms with van der Waals surface area (Å²) in [7, 11) is 1.47. The molecule has 7 nitrogen and oxygen atoms in total. The number of aryl methyl sites for hydroxylation is 1. The summed E-state index contributed by atoms with van der Waals surface area (Å²) in [5.74, 6) is -0.108. The van der Waals surface area contributed by atoms with Gasteiger partial charge in [0.1, 0.15) is 11.6 Å². The van der Waals surface area contributed by atoms with Crippen LogP contribution in [0.1, 0.15) is 16.7 Å². The molecular formula is C27H23ClIN3O4. The largest absolute Gasteiger partial charge is 0.493 e. The molecule has 36 heavy (non-hydrogen) atoms. The number of amides is 2. The first-order valence-electron chi connectivity index (χ1n) is 10.8. The van der Waals surface area contributed by atoms with Gasteiger partial charge in [-0.05, 0) is 76.5 Å². The van der Waals surface area contributed by atoms with Crippen LogP contribution >= 0.6 is 34.2 Å². The summed E-state index contributed by atoms with van der Waals surface area (Å²) in [5, 5.41) is 15.5. The number of hydrogen-bond acceptors (Lipinski definition) is 5. The maximum atomic E-state index is 12.5. The fraction of sp³-hybridized carbons (Fsp3) is 0.148. The Kier molecular flexibility index (Phi) is 9.73. The summed E-state index contributed by atoms with van der Waals surface area (Å²) < 4.78 is 11.8. The second-order valence-electron chi connectivity index (χ2n) is 7.67. The number of rotatable bonds is 9. The standard InChI is InChI=1S/C27H23ClIN3O4/c1-17-8-9-21(13-22(17)28)32-25(33)16-36-26-23(29)11-19(12-24(26)35-2)10-20(14-30)27(34)31-15-18-6-4-3-5-7-18/h3-13H,15-16H2,1-2H3,(H,31,34)(H,32,33)/b20-10+. The van der Waals surface area contributed by atoms with Gasteiger partial charge in [0, 0.05) is 17.3 Å². The summed E-state index contributed by atoms with van der Waals surface area (Å²) in [6.45, 7) is 1.93. The maximum absolute atomic E-state index is 12.5. The number of anilines is 1. The number of carbonyl (C=O) groups excluding carboxylic acids is 2. The number of benzene rings is 3. The first kappa shape index (κ1) is 27.0. The van der Waals surface area contributed by atoms with Crippen LogP contribution in [-0.2, 0) is 16.1 Å². The number of nitrogens with one attached hydrogen (secondary N) is 2. The Hall–Kier alpha value is -3.55. The van der Waals surface area contributed by atoms with Crippen LogP contribution in [0.3, 0.4) is 0 Å². The van der Waals surface area contributed by atoms with Crippen molar-refractivity contribution in [2.75, 3.05) is 19.0 Å². The number of hydrogen-bond donors (Lipinski definition) is 2. The van der Waals surface area contributed by atoms with E-state index < -0.39 is 5.91 Å². The summed E-state index contributed by atoms with van der Waals surface area (Å²) in [6, 6.07) is 20.0. The molecule has 3 aromatic rings. The van der Waals surface area contributed by atoms with Gasteiger partial charge in [0.15, 0.2) is 18.1 Å². The maximum Gasteiger partial charge on any atom is 0.262 e. The lowest BCUT2D eigenvalue weighted by molar-refractivity contribution is -0.118. The van der Waals surface area contributed by atoms with E-state index in [4.69, 9.17) is 21.1 Å². The molecule has 0 unspecified atom stereocenters. The van der Waals surface area contributed by atoms with Gasteiger partial charge in [-0.2, -0.15) is 5.26 Å². The molecule has 0 bridgehead atoms. The Morgan fingerprint density at radius 3 is 2.56 bits per heavy atom. The van der Waals surface area contributed by atoms with Gasteiger partial charge in [-0.3, -0.25) is 9.59 Å². The van der Waals surface area contributed by atoms with Crippen LogP contribution in [0.25, 0.3) is 6.08 Å². The van der Waals surface area contributed by atoms with Gasteiger partial charge in [0.25, 0.3) is 11.8 Å². The van der Waals surface area contributed by atoms with E-state index in [2.05, 4.69) is 10.6 Å². The zero-order valence-corrected chi connectivity index (χ0v) is 22.5. The van der Waals surface area contributed by atoms with E-state index >= 15 is 0 Å². The van der Waals surface area contributed by atoms with Crippen molar-refractivity contribution in [1.82, 2.24) is 5.32 Å². The zero-order chi connectivity index (χ0) is 26.1. The number of methoxy groups -OCH3 is 1. The lowest BCUT2D eigenvalue weighted by atomic mass is 10.1. The summed E-state index contributed by atoms with van der Waals surface area (Å²) >= 11 is 8.15. The Labute approximate surface area is 228 Å². The minimum Gasteiger partial charge on any atom is -0.493 e. The number of carbonyl (C=O) groups is 2. The van der Waals surface area contributed by atoms with Gasteiger partial charge < -0.3 is 20.1 Å². The normalized spacial score (nSPS) is 10.8. The van der Waals surface area contributed by atoms with E-state index in [1.54, 1.807) is 24.3 Å². The van der Waals surface area contributed by atoms with Crippen LogP contribution in [-0.4, -0.2) is 25.5 Å². The minimum atomic E-state index is -0.483. The van der Waals surface area contributed by atoms with Crippen LogP contribution in [0.15, 0.2) is 66.2 Å². The van der Waals surface area contributed by atoms with Gasteiger partial charge >= 0.3 is 0 Å². The SMILES string of the molecule is COc1cc(/C=C(\C#N)C(=O)NCc2ccccc2)cc(I)c1OCC(=O)Nc1ccc(C)c(Cl)c1. The molecular weight excluding hydrogens is 593 g/mol. The van der Waals surface area contributed by atoms with E-state index in [9.17, 15) is 14.9 Å². The van der Waals surface area contributed by atoms with Crippen molar-refractivity contribution < 1.29 is 19.1 Å². The Morgan fingerprint density at radius 1 is 1.14 bits per heavy atom. The van der Waals surface area contributed by atoms with Crippen LogP contribution in [0, 0.1) is 21.8 Å². The molecule has 184 valence electrons. The lowest BCUT2D eigenvalue weighted by Gasteiger charge is -2.14. The number of halogens is 2. The summed E-state index contributed by atoms with van der Waals surface area (Å²) in [5.41, 5.74) is 2.93. The van der Waals surface area contributed by atoms with Crippen molar-refractivity contribution in [2.45, 2.75) is 13.5 Å². The van der Waals surface area contributed by atoms with Gasteiger partial charge in [-0.15, -0.1) is 0 Å². The molecule has 0 saturated heterocycles. The fourth-order valence-corrected chi connectivity index (χ4v) is 4.12. The molecule has 0 saturated carbocycles. The molecule has 2 amide bonds. The Morgan fingerprint density at radius 2 is 1.89 bits per heavy atom. The van der Waals surface area contributed by atoms with E-state index in [1.807, 2.05) is 72.0 Å². The summed E-state index contributed by atoms with van der Waals surface area (Å²) in [4.78, 5) is 24.9. The molecule has 0 spiro atoms. The predicted molar refractivity (Wildman–Crippen MR) is 148 cm³/mol. The first-order valence-corrected chi connectivity index (χ1v) is 12.3. The average Bonchev–Trinajstić information content (AvgIpc) is 2.87. The Bertz CT molecular complexity index is 1340. The second kappa shape index (κ2) is 13.0. The smallest absolute Gasteiger partial charge is 0.262 e. The monoisotopic (exact) mass is 615 g/mol. The van der Waals surface area contributed by atoms with Crippen molar-refractivity contribution >= 4 is 57.8 Å². The fourth-order valence-electron chi connectivity index (χ4n) is 3.16. The zero-order valence-electron chi connectivity index (χ0n) is 19.6. The van der Waals surface area contributed by atoms with Gasteiger partial charge in [-0.1, -0.05) is 48.0 Å². The molecule has 0 aromatic heterocycles. The average molecular weight is 616 g/mol. The quantitative estimate of drug-likeness (QED) is 0.188. The molecule has 2 N–H and O–H groups in total. The van der Waals surface area contributed by atoms with Crippen molar-refractivity contribution in [2.24, 2.45) is 0 Å². The van der Waals surface area contributed by atoms with Gasteiger partial charge in [0.05, 0.1) is 10.7 Å². The predicted octanol–water partition coefficient (Wildman–Crippen LogP) is 5.50. The van der Waals surface area contributed by atoms with Crippen molar-refractivity contribution in [3.8, 4) is 17.6 Å². The van der Waals surface area contributed by atoms with Crippen LogP contribution in [0.2, 0.25) is 5.02 Å². The first-order chi connectivity index (χ1) is 17.3. The third-order valence-electron chi connectivity index (χ3n) is 5.03. The highest BCUT2D eigenvalue weighted by Gasteiger charge is 2.15.